The maximum Gasteiger partial charge on any atom is 0.0159 e. The van der Waals surface area contributed by atoms with Crippen LogP contribution in [0.25, 0.3) is 88.3 Å². The van der Waals surface area contributed by atoms with Gasteiger partial charge in [0, 0.05) is 10.8 Å². The molecule has 0 fully saturated rings. The van der Waals surface area contributed by atoms with Gasteiger partial charge in [-0.1, -0.05) is 176 Å². The Balaban J connectivity index is 0.892. The van der Waals surface area contributed by atoms with E-state index >= 15 is 0 Å². The fourth-order valence-electron chi connectivity index (χ4n) is 10.6. The number of benzene rings is 9. The van der Waals surface area contributed by atoms with Crippen LogP contribution in [-0.2, 0) is 16.2 Å². The summed E-state index contributed by atoms with van der Waals surface area (Å²) in [6.07, 6.45) is 0. The molecule has 61 heavy (non-hydrogen) atoms. The van der Waals surface area contributed by atoms with Gasteiger partial charge in [-0.05, 0) is 176 Å². The van der Waals surface area contributed by atoms with Gasteiger partial charge in [-0.2, -0.15) is 0 Å². The van der Waals surface area contributed by atoms with Crippen molar-refractivity contribution >= 4 is 21.5 Å². The van der Waals surface area contributed by atoms with Gasteiger partial charge < -0.3 is 0 Å². The molecule has 2 aliphatic carbocycles. The van der Waals surface area contributed by atoms with Crippen LogP contribution in [0.15, 0.2) is 170 Å². The fourth-order valence-corrected chi connectivity index (χ4v) is 10.6. The second-order valence-corrected chi connectivity index (χ2v) is 19.9. The van der Waals surface area contributed by atoms with Crippen LogP contribution in [0.5, 0.6) is 0 Å². The first-order valence-corrected chi connectivity index (χ1v) is 22.0. The predicted octanol–water partition coefficient (Wildman–Crippen LogP) is 16.9. The van der Waals surface area contributed by atoms with Crippen LogP contribution in [0.4, 0.5) is 0 Å². The van der Waals surface area contributed by atoms with E-state index in [4.69, 9.17) is 0 Å². The maximum absolute atomic E-state index is 2.47. The average Bonchev–Trinajstić information content (AvgIpc) is 3.63. The van der Waals surface area contributed by atoms with Crippen molar-refractivity contribution in [3.05, 3.63) is 203 Å². The van der Waals surface area contributed by atoms with Gasteiger partial charge in [-0.25, -0.2) is 0 Å². The first kappa shape index (κ1) is 37.5. The number of hydrogen-bond acceptors (Lipinski definition) is 0. The lowest BCUT2D eigenvalue weighted by atomic mass is 9.79. The van der Waals surface area contributed by atoms with Crippen LogP contribution < -0.4 is 0 Å². The van der Waals surface area contributed by atoms with Crippen LogP contribution in [0.2, 0.25) is 0 Å². The summed E-state index contributed by atoms with van der Waals surface area (Å²) < 4.78 is 0. The quantitative estimate of drug-likeness (QED) is 0.167. The van der Waals surface area contributed by atoms with Crippen molar-refractivity contribution in [2.45, 2.75) is 71.6 Å². The van der Waals surface area contributed by atoms with Gasteiger partial charge in [0.1, 0.15) is 0 Å². The lowest BCUT2D eigenvalue weighted by Gasteiger charge is -2.24. The van der Waals surface area contributed by atoms with E-state index in [1.807, 2.05) is 0 Å². The predicted molar refractivity (Wildman–Crippen MR) is 262 cm³/mol. The Hall–Kier alpha value is -6.50. The maximum atomic E-state index is 2.47. The van der Waals surface area contributed by atoms with E-state index in [1.54, 1.807) is 0 Å². The molecule has 0 aromatic heterocycles. The number of rotatable bonds is 4. The van der Waals surface area contributed by atoms with E-state index in [0.717, 1.165) is 0 Å². The largest absolute Gasteiger partial charge is 0.0622 e. The Labute approximate surface area is 361 Å². The van der Waals surface area contributed by atoms with Crippen molar-refractivity contribution in [3.63, 3.8) is 0 Å². The Morgan fingerprint density at radius 1 is 0.311 bits per heavy atom. The SMILES string of the molecule is Cc1cc2cc(-c3ccc4cc(C(C)(C)C)ccc4c3)ccc2cc1-c1ccc2c(c1)C(C)(C)c1cc(-c3ccc4c(c3)C(C)(C)c3cc(-c5ccccc5)ccc3-4)ccc1-2. The molecule has 0 unspecified atom stereocenters. The number of aryl methyl sites for hydroxylation is 1. The molecule has 2 aliphatic rings. The van der Waals surface area contributed by atoms with Crippen molar-refractivity contribution in [1.29, 1.82) is 0 Å². The first-order valence-electron chi connectivity index (χ1n) is 22.0. The van der Waals surface area contributed by atoms with E-state index in [1.165, 1.54) is 122 Å². The van der Waals surface area contributed by atoms with Crippen LogP contribution in [0.3, 0.4) is 0 Å². The third-order valence-electron chi connectivity index (χ3n) is 14.3. The summed E-state index contributed by atoms with van der Waals surface area (Å²) in [4.78, 5) is 0. The summed E-state index contributed by atoms with van der Waals surface area (Å²) >= 11 is 0. The molecule has 11 rings (SSSR count). The molecule has 0 spiro atoms. The molecule has 0 saturated carbocycles. The van der Waals surface area contributed by atoms with Crippen molar-refractivity contribution in [2.75, 3.05) is 0 Å². The third-order valence-corrected chi connectivity index (χ3v) is 14.3. The highest BCUT2D eigenvalue weighted by molar-refractivity contribution is 5.95. The summed E-state index contributed by atoms with van der Waals surface area (Å²) in [5.74, 6) is 0. The molecule has 0 heterocycles. The summed E-state index contributed by atoms with van der Waals surface area (Å²) in [5.41, 5.74) is 23.8. The Kier molecular flexibility index (Phi) is 8.14. The highest BCUT2D eigenvalue weighted by atomic mass is 14.4. The molecular weight excluding hydrogens is 733 g/mol. The molecule has 0 atom stereocenters. The highest BCUT2D eigenvalue weighted by Crippen LogP contribution is 2.53. The van der Waals surface area contributed by atoms with Gasteiger partial charge in [0.2, 0.25) is 0 Å². The fraction of sp³-hybridized carbons (Fsp3) is 0.180. The molecule has 9 aromatic rings. The van der Waals surface area contributed by atoms with Gasteiger partial charge in [-0.3, -0.25) is 0 Å². The minimum Gasteiger partial charge on any atom is -0.0622 e. The Morgan fingerprint density at radius 3 is 1.23 bits per heavy atom. The van der Waals surface area contributed by atoms with Gasteiger partial charge in [0.15, 0.2) is 0 Å². The molecule has 9 aromatic carbocycles. The molecule has 0 saturated heterocycles. The summed E-state index contributed by atoms with van der Waals surface area (Å²) in [6, 6.07) is 64.8. The summed E-state index contributed by atoms with van der Waals surface area (Å²) in [7, 11) is 0. The number of hydrogen-bond donors (Lipinski definition) is 0. The highest BCUT2D eigenvalue weighted by Gasteiger charge is 2.38. The molecule has 0 radical (unpaired) electrons. The van der Waals surface area contributed by atoms with Gasteiger partial charge in [0.25, 0.3) is 0 Å². The summed E-state index contributed by atoms with van der Waals surface area (Å²) in [5, 5.41) is 5.13. The van der Waals surface area contributed by atoms with Gasteiger partial charge >= 0.3 is 0 Å². The normalized spacial score (nSPS) is 14.5. The standard InChI is InChI=1S/C61H52/c1-37-28-48-30-40(39-14-16-42-31-49(59(2,3)4)23-18-41(42)29-39)15-17-43(48)32-54(37)47-22-27-53-52-26-21-46(35-57(52)61(7,8)58(53)36-47)45-20-25-51-50-24-19-44(38-12-10-9-11-13-38)33-55(50)60(5,6)56(51)34-45/h9-36H,1-8H3. The summed E-state index contributed by atoms with van der Waals surface area (Å²) in [6.45, 7) is 18.7. The van der Waals surface area contributed by atoms with E-state index in [0.29, 0.717) is 0 Å². The lowest BCUT2D eigenvalue weighted by molar-refractivity contribution is 0.591. The zero-order valence-corrected chi connectivity index (χ0v) is 36.7. The molecule has 0 aliphatic heterocycles. The van der Waals surface area contributed by atoms with Crippen LogP contribution >= 0.6 is 0 Å². The zero-order chi connectivity index (χ0) is 42.0. The van der Waals surface area contributed by atoms with E-state index in [2.05, 4.69) is 225 Å². The molecule has 0 N–H and O–H groups in total. The molecule has 296 valence electrons. The third kappa shape index (κ3) is 5.94. The molecular formula is C61H52. The Morgan fingerprint density at radius 2 is 0.705 bits per heavy atom. The van der Waals surface area contributed by atoms with Crippen LogP contribution in [0.1, 0.15) is 81.8 Å². The smallest absolute Gasteiger partial charge is 0.0159 e. The minimum atomic E-state index is -0.134. The van der Waals surface area contributed by atoms with Gasteiger partial charge in [-0.15, -0.1) is 0 Å². The minimum absolute atomic E-state index is 0.0917. The second-order valence-electron chi connectivity index (χ2n) is 19.9. The van der Waals surface area contributed by atoms with Crippen molar-refractivity contribution in [3.8, 4) is 66.8 Å². The molecule has 0 heteroatoms. The average molecular weight is 785 g/mol. The lowest BCUT2D eigenvalue weighted by Crippen LogP contribution is -2.15. The van der Waals surface area contributed by atoms with E-state index < -0.39 is 0 Å². The molecule has 0 amide bonds. The van der Waals surface area contributed by atoms with E-state index in [9.17, 15) is 0 Å². The zero-order valence-electron chi connectivity index (χ0n) is 36.7. The monoisotopic (exact) mass is 784 g/mol. The number of fused-ring (bicyclic) bond motifs is 8. The van der Waals surface area contributed by atoms with E-state index in [-0.39, 0.29) is 16.2 Å². The molecule has 0 nitrogen and oxygen atoms in total. The topological polar surface area (TPSA) is 0 Å². The Bertz CT molecular complexity index is 3270. The van der Waals surface area contributed by atoms with Crippen LogP contribution in [0, 0.1) is 6.92 Å². The second kappa shape index (κ2) is 13.2. The van der Waals surface area contributed by atoms with Crippen molar-refractivity contribution in [2.24, 2.45) is 0 Å². The van der Waals surface area contributed by atoms with Gasteiger partial charge in [0.05, 0.1) is 0 Å². The van der Waals surface area contributed by atoms with Crippen molar-refractivity contribution in [1.82, 2.24) is 0 Å². The first-order chi connectivity index (χ1) is 29.2. The van der Waals surface area contributed by atoms with Crippen LogP contribution in [-0.4, -0.2) is 0 Å². The molecule has 0 bridgehead atoms. The van der Waals surface area contributed by atoms with Crippen molar-refractivity contribution < 1.29 is 0 Å².